The minimum atomic E-state index is -3.76. The van der Waals surface area contributed by atoms with Gasteiger partial charge in [-0.05, 0) is 69.4 Å². The summed E-state index contributed by atoms with van der Waals surface area (Å²) in [4.78, 5) is 17.5. The van der Waals surface area contributed by atoms with Crippen LogP contribution in [-0.2, 0) is 16.6 Å². The number of carbonyl (C=O) groups excluding carboxylic acids is 1. The molecule has 2 aromatic heterocycles. The van der Waals surface area contributed by atoms with Crippen molar-refractivity contribution in [1.82, 2.24) is 19.4 Å². The van der Waals surface area contributed by atoms with Crippen LogP contribution in [0.2, 0.25) is 0 Å². The highest BCUT2D eigenvalue weighted by molar-refractivity contribution is 7.89. The van der Waals surface area contributed by atoms with Crippen LogP contribution in [-0.4, -0.2) is 36.3 Å². The maximum Gasteiger partial charge on any atom is 0.251 e. The predicted molar refractivity (Wildman–Crippen MR) is 133 cm³/mol. The second-order valence-electron chi connectivity index (χ2n) is 8.93. The molecule has 1 aromatic carbocycles. The molecule has 180 valence electrons. The van der Waals surface area contributed by atoms with E-state index < -0.39 is 10.0 Å². The highest BCUT2D eigenvalue weighted by Crippen LogP contribution is 2.23. The molecule has 8 nitrogen and oxygen atoms in total. The van der Waals surface area contributed by atoms with Crippen molar-refractivity contribution in [2.45, 2.75) is 50.6 Å². The number of allylic oxidation sites excluding steroid dienone is 2. The number of pyridine rings is 1. The van der Waals surface area contributed by atoms with E-state index in [4.69, 9.17) is 0 Å². The quantitative estimate of drug-likeness (QED) is 0.404. The van der Waals surface area contributed by atoms with Crippen LogP contribution in [0.1, 0.15) is 49.2 Å². The highest BCUT2D eigenvalue weighted by atomic mass is 32.2. The lowest BCUT2D eigenvalue weighted by Crippen LogP contribution is -2.31. The van der Waals surface area contributed by atoms with Crippen LogP contribution >= 0.6 is 0 Å². The summed E-state index contributed by atoms with van der Waals surface area (Å²) in [6.45, 7) is 4.48. The first kappa shape index (κ1) is 24.0. The fourth-order valence-electron chi connectivity index (χ4n) is 4.01. The molecule has 1 aliphatic carbocycles. The summed E-state index contributed by atoms with van der Waals surface area (Å²) in [6.07, 6.45) is 11.2. The van der Waals surface area contributed by atoms with Crippen LogP contribution in [0.3, 0.4) is 0 Å². The molecule has 1 amide bonds. The number of rotatable bonds is 9. The van der Waals surface area contributed by atoms with E-state index >= 15 is 0 Å². The van der Waals surface area contributed by atoms with Gasteiger partial charge in [0.1, 0.15) is 5.65 Å². The van der Waals surface area contributed by atoms with Gasteiger partial charge in [-0.3, -0.25) is 4.79 Å². The van der Waals surface area contributed by atoms with Gasteiger partial charge in [-0.15, -0.1) is 0 Å². The summed E-state index contributed by atoms with van der Waals surface area (Å²) in [7, 11) is -3.76. The standard InChI is InChI=1S/C25H31N5O3S/c1-18(2)29-34(32,33)23-13-20(12-21(14-23)26-15-19-8-4-3-5-9-19)25(31)27-16-22-17-30-11-7-6-10-24(30)28-22/h3-4,6-7,10-14,17-19,26,29H,5,8-9,15-16H2,1-2H3,(H,27,31). The molecule has 0 fully saturated rings. The largest absolute Gasteiger partial charge is 0.385 e. The number of nitrogens with one attached hydrogen (secondary N) is 3. The molecule has 0 saturated carbocycles. The number of aromatic nitrogens is 2. The van der Waals surface area contributed by atoms with Gasteiger partial charge >= 0.3 is 0 Å². The summed E-state index contributed by atoms with van der Waals surface area (Å²) in [5.74, 6) is 0.119. The minimum absolute atomic E-state index is 0.0626. The first-order valence-electron chi connectivity index (χ1n) is 11.6. The van der Waals surface area contributed by atoms with E-state index in [-0.39, 0.29) is 29.0 Å². The van der Waals surface area contributed by atoms with Crippen molar-refractivity contribution in [3.8, 4) is 0 Å². The van der Waals surface area contributed by atoms with Crippen LogP contribution in [0, 0.1) is 5.92 Å². The second-order valence-corrected chi connectivity index (χ2v) is 10.6. The van der Waals surface area contributed by atoms with Gasteiger partial charge in [0.05, 0.1) is 17.1 Å². The molecule has 2 heterocycles. The van der Waals surface area contributed by atoms with Gasteiger partial charge in [0.15, 0.2) is 0 Å². The zero-order chi connectivity index (χ0) is 24.1. The van der Waals surface area contributed by atoms with Crippen molar-refractivity contribution in [2.75, 3.05) is 11.9 Å². The lowest BCUT2D eigenvalue weighted by Gasteiger charge is -2.20. The second kappa shape index (κ2) is 10.4. The van der Waals surface area contributed by atoms with Crippen LogP contribution in [0.25, 0.3) is 5.65 Å². The van der Waals surface area contributed by atoms with Crippen molar-refractivity contribution in [3.05, 3.63) is 72.2 Å². The molecule has 1 atom stereocenters. The molecular weight excluding hydrogens is 450 g/mol. The Bertz CT molecular complexity index is 1260. The number of imidazole rings is 1. The van der Waals surface area contributed by atoms with E-state index in [1.165, 1.54) is 6.07 Å². The van der Waals surface area contributed by atoms with Crippen LogP contribution in [0.15, 0.2) is 65.8 Å². The number of hydrogen-bond donors (Lipinski definition) is 3. The van der Waals surface area contributed by atoms with E-state index in [0.29, 0.717) is 23.8 Å². The van der Waals surface area contributed by atoms with Gasteiger partial charge in [-0.2, -0.15) is 0 Å². The van der Waals surface area contributed by atoms with Crippen molar-refractivity contribution < 1.29 is 13.2 Å². The van der Waals surface area contributed by atoms with Crippen LogP contribution in [0.4, 0.5) is 5.69 Å². The Labute approximate surface area is 200 Å². The number of carbonyl (C=O) groups is 1. The fraction of sp³-hybridized carbons (Fsp3) is 0.360. The fourth-order valence-corrected chi connectivity index (χ4v) is 5.34. The average molecular weight is 482 g/mol. The van der Waals surface area contributed by atoms with Gasteiger partial charge in [0.25, 0.3) is 5.91 Å². The number of nitrogens with zero attached hydrogens (tertiary/aromatic N) is 2. The molecule has 0 spiro atoms. The summed E-state index contributed by atoms with van der Waals surface area (Å²) >= 11 is 0. The molecule has 1 aliphatic rings. The molecular formula is C25H31N5O3S. The van der Waals surface area contributed by atoms with E-state index in [0.717, 1.165) is 24.9 Å². The normalized spacial score (nSPS) is 16.1. The molecule has 4 rings (SSSR count). The molecule has 3 N–H and O–H groups in total. The van der Waals surface area contributed by atoms with Gasteiger partial charge in [-0.25, -0.2) is 18.1 Å². The predicted octanol–water partition coefficient (Wildman–Crippen LogP) is 3.72. The first-order chi connectivity index (χ1) is 16.3. The number of benzene rings is 1. The SMILES string of the molecule is CC(C)NS(=O)(=O)c1cc(NCC2CC=CCC2)cc(C(=O)NCc2cn3ccccc3n2)c1. The topological polar surface area (TPSA) is 105 Å². The van der Waals surface area contributed by atoms with Crippen LogP contribution in [0.5, 0.6) is 0 Å². The smallest absolute Gasteiger partial charge is 0.251 e. The molecule has 0 bridgehead atoms. The Kier molecular flexibility index (Phi) is 7.33. The summed E-state index contributed by atoms with van der Waals surface area (Å²) in [5.41, 5.74) is 2.40. The molecule has 9 heteroatoms. The van der Waals surface area contributed by atoms with Crippen molar-refractivity contribution >= 4 is 27.3 Å². The molecule has 1 unspecified atom stereocenters. The monoisotopic (exact) mass is 481 g/mol. The van der Waals surface area contributed by atoms with E-state index in [2.05, 4.69) is 32.5 Å². The Morgan fingerprint density at radius 3 is 2.79 bits per heavy atom. The number of hydrogen-bond acceptors (Lipinski definition) is 5. The molecule has 0 saturated heterocycles. The van der Waals surface area contributed by atoms with Gasteiger partial charge < -0.3 is 15.0 Å². The Hall–Kier alpha value is -3.17. The number of amides is 1. The minimum Gasteiger partial charge on any atom is -0.385 e. The Morgan fingerprint density at radius 1 is 1.21 bits per heavy atom. The highest BCUT2D eigenvalue weighted by Gasteiger charge is 2.20. The summed E-state index contributed by atoms with van der Waals surface area (Å²) in [6, 6.07) is 10.1. The lowest BCUT2D eigenvalue weighted by molar-refractivity contribution is 0.0950. The third-order valence-electron chi connectivity index (χ3n) is 5.69. The number of anilines is 1. The Balaban J connectivity index is 1.53. The first-order valence-corrected chi connectivity index (χ1v) is 13.1. The Morgan fingerprint density at radius 2 is 2.06 bits per heavy atom. The van der Waals surface area contributed by atoms with Crippen molar-refractivity contribution in [3.63, 3.8) is 0 Å². The van der Waals surface area contributed by atoms with Crippen molar-refractivity contribution in [2.24, 2.45) is 5.92 Å². The molecule has 0 radical (unpaired) electrons. The summed E-state index contributed by atoms with van der Waals surface area (Å²) < 4.78 is 30.2. The maximum atomic E-state index is 13.0. The summed E-state index contributed by atoms with van der Waals surface area (Å²) in [5, 5.41) is 6.21. The number of fused-ring (bicyclic) bond motifs is 1. The zero-order valence-corrected chi connectivity index (χ0v) is 20.3. The van der Waals surface area contributed by atoms with Gasteiger partial charge in [0, 0.05) is 36.2 Å². The van der Waals surface area contributed by atoms with Gasteiger partial charge in [0.2, 0.25) is 10.0 Å². The average Bonchev–Trinajstić information content (AvgIpc) is 3.24. The van der Waals surface area contributed by atoms with Gasteiger partial charge in [-0.1, -0.05) is 18.2 Å². The maximum absolute atomic E-state index is 13.0. The zero-order valence-electron chi connectivity index (χ0n) is 19.5. The number of sulfonamides is 1. The van der Waals surface area contributed by atoms with E-state index in [1.54, 1.807) is 26.0 Å². The molecule has 34 heavy (non-hydrogen) atoms. The van der Waals surface area contributed by atoms with Crippen LogP contribution < -0.4 is 15.4 Å². The van der Waals surface area contributed by atoms with Crippen molar-refractivity contribution in [1.29, 1.82) is 0 Å². The molecule has 3 aromatic rings. The molecule has 0 aliphatic heterocycles. The third kappa shape index (κ3) is 6.03. The third-order valence-corrected chi connectivity index (χ3v) is 7.32. The van der Waals surface area contributed by atoms with E-state index in [1.807, 2.05) is 35.0 Å². The lowest BCUT2D eigenvalue weighted by atomic mass is 9.94. The van der Waals surface area contributed by atoms with E-state index in [9.17, 15) is 13.2 Å².